The van der Waals surface area contributed by atoms with Gasteiger partial charge in [0.15, 0.2) is 5.82 Å². The molecule has 0 saturated heterocycles. The summed E-state index contributed by atoms with van der Waals surface area (Å²) >= 11 is 0. The van der Waals surface area contributed by atoms with Gasteiger partial charge in [-0.15, -0.1) is 0 Å². The highest BCUT2D eigenvalue weighted by Crippen LogP contribution is 2.28. The van der Waals surface area contributed by atoms with E-state index in [1.165, 1.54) is 36.7 Å². The zero-order valence-corrected chi connectivity index (χ0v) is 14.5. The van der Waals surface area contributed by atoms with Crippen LogP contribution in [0.1, 0.15) is 31.7 Å². The third kappa shape index (κ3) is 4.10. The Balaban J connectivity index is 1.85. The van der Waals surface area contributed by atoms with Crippen molar-refractivity contribution >= 4 is 0 Å². The van der Waals surface area contributed by atoms with Crippen molar-refractivity contribution in [3.8, 4) is 22.5 Å². The molecule has 134 valence electrons. The van der Waals surface area contributed by atoms with E-state index < -0.39 is 11.6 Å². The summed E-state index contributed by atoms with van der Waals surface area (Å²) in [6, 6.07) is 8.48. The van der Waals surface area contributed by atoms with Crippen molar-refractivity contribution in [1.29, 1.82) is 0 Å². The van der Waals surface area contributed by atoms with Crippen LogP contribution in [-0.4, -0.2) is 9.97 Å². The largest absolute Gasteiger partial charge is 0.236 e. The van der Waals surface area contributed by atoms with Crippen molar-refractivity contribution in [3.05, 3.63) is 71.8 Å². The van der Waals surface area contributed by atoms with Crippen LogP contribution in [0, 0.1) is 17.5 Å². The molecule has 3 aromatic rings. The second-order valence-corrected chi connectivity index (χ2v) is 6.19. The van der Waals surface area contributed by atoms with Crippen molar-refractivity contribution in [1.82, 2.24) is 9.97 Å². The molecule has 0 unspecified atom stereocenters. The van der Waals surface area contributed by atoms with E-state index in [1.54, 1.807) is 12.1 Å². The molecule has 0 fully saturated rings. The van der Waals surface area contributed by atoms with Gasteiger partial charge in [0.1, 0.15) is 17.5 Å². The maximum Gasteiger partial charge on any atom is 0.159 e. The quantitative estimate of drug-likeness (QED) is 0.509. The zero-order chi connectivity index (χ0) is 18.5. The topological polar surface area (TPSA) is 25.8 Å². The second-order valence-electron chi connectivity index (χ2n) is 6.19. The van der Waals surface area contributed by atoms with Crippen molar-refractivity contribution in [2.24, 2.45) is 0 Å². The van der Waals surface area contributed by atoms with E-state index in [0.717, 1.165) is 19.3 Å². The first kappa shape index (κ1) is 18.1. The first-order valence-electron chi connectivity index (χ1n) is 8.64. The predicted molar refractivity (Wildman–Crippen MR) is 96.0 cm³/mol. The van der Waals surface area contributed by atoms with E-state index in [2.05, 4.69) is 16.9 Å². The van der Waals surface area contributed by atoms with Gasteiger partial charge in [0.25, 0.3) is 0 Å². The summed E-state index contributed by atoms with van der Waals surface area (Å²) in [5.74, 6) is -1.22. The Kier molecular flexibility index (Phi) is 5.66. The molecule has 26 heavy (non-hydrogen) atoms. The van der Waals surface area contributed by atoms with E-state index in [4.69, 9.17) is 0 Å². The van der Waals surface area contributed by atoms with Crippen LogP contribution in [0.5, 0.6) is 0 Å². The van der Waals surface area contributed by atoms with Gasteiger partial charge in [0, 0.05) is 23.5 Å². The van der Waals surface area contributed by atoms with Crippen LogP contribution < -0.4 is 0 Å². The number of rotatable bonds is 6. The normalized spacial score (nSPS) is 10.9. The number of unbranched alkanes of at least 4 members (excludes halogenated alkanes) is 2. The van der Waals surface area contributed by atoms with E-state index in [-0.39, 0.29) is 16.9 Å². The highest BCUT2D eigenvalue weighted by molar-refractivity contribution is 5.65. The van der Waals surface area contributed by atoms with Gasteiger partial charge >= 0.3 is 0 Å². The van der Waals surface area contributed by atoms with E-state index in [1.807, 2.05) is 0 Å². The fraction of sp³-hybridized carbons (Fsp3) is 0.238. The molecule has 0 aliphatic rings. The summed E-state index contributed by atoms with van der Waals surface area (Å²) in [5.41, 5.74) is 1.42. The van der Waals surface area contributed by atoms with Crippen LogP contribution in [0.4, 0.5) is 13.2 Å². The smallest absolute Gasteiger partial charge is 0.159 e. The Morgan fingerprint density at radius 3 is 2.00 bits per heavy atom. The van der Waals surface area contributed by atoms with Crippen LogP contribution in [0.25, 0.3) is 22.5 Å². The highest BCUT2D eigenvalue weighted by atomic mass is 19.1. The third-order valence-electron chi connectivity index (χ3n) is 4.21. The maximum atomic E-state index is 14.4. The van der Waals surface area contributed by atoms with Crippen molar-refractivity contribution in [3.63, 3.8) is 0 Å². The van der Waals surface area contributed by atoms with Crippen LogP contribution >= 0.6 is 0 Å². The molecule has 3 rings (SSSR count). The minimum atomic E-state index is -0.616. The molecule has 0 aliphatic heterocycles. The van der Waals surface area contributed by atoms with Crippen molar-refractivity contribution in [2.75, 3.05) is 0 Å². The highest BCUT2D eigenvalue weighted by Gasteiger charge is 2.14. The van der Waals surface area contributed by atoms with Crippen molar-refractivity contribution < 1.29 is 13.2 Å². The predicted octanol–water partition coefficient (Wildman–Crippen LogP) is 5.96. The maximum absolute atomic E-state index is 14.4. The molecule has 0 bridgehead atoms. The molecule has 2 nitrogen and oxygen atoms in total. The summed E-state index contributed by atoms with van der Waals surface area (Å²) in [5, 5.41) is 0. The Bertz CT molecular complexity index is 852. The molecule has 5 heteroatoms. The van der Waals surface area contributed by atoms with Gasteiger partial charge in [-0.2, -0.15) is 0 Å². The number of nitrogens with zero attached hydrogens (tertiary/aromatic N) is 2. The van der Waals surface area contributed by atoms with E-state index in [0.29, 0.717) is 23.4 Å². The number of hydrogen-bond acceptors (Lipinski definition) is 2. The molecular weight excluding hydrogens is 337 g/mol. The summed E-state index contributed by atoms with van der Waals surface area (Å²) in [6.45, 7) is 2.08. The molecule has 0 atom stereocenters. The first-order chi connectivity index (χ1) is 12.6. The van der Waals surface area contributed by atoms with Gasteiger partial charge in [-0.1, -0.05) is 19.8 Å². The number of hydrogen-bond donors (Lipinski definition) is 0. The Hall–Kier alpha value is -2.69. The molecule has 2 aromatic carbocycles. The Labute approximate surface area is 150 Å². The summed E-state index contributed by atoms with van der Waals surface area (Å²) < 4.78 is 41.9. The van der Waals surface area contributed by atoms with E-state index in [9.17, 15) is 13.2 Å². The SMILES string of the molecule is CCCCCc1cc(F)c(-c2cnc(-c3ccc(F)cc3)nc2)c(F)c1. The van der Waals surface area contributed by atoms with Gasteiger partial charge in [0.2, 0.25) is 0 Å². The molecule has 0 spiro atoms. The summed E-state index contributed by atoms with van der Waals surface area (Å²) in [7, 11) is 0. The van der Waals surface area contributed by atoms with Gasteiger partial charge in [-0.3, -0.25) is 0 Å². The number of halogens is 3. The molecule has 0 amide bonds. The van der Waals surface area contributed by atoms with Gasteiger partial charge < -0.3 is 0 Å². The average Bonchev–Trinajstić information content (AvgIpc) is 2.63. The van der Waals surface area contributed by atoms with Crippen LogP contribution in [0.2, 0.25) is 0 Å². The number of aromatic nitrogens is 2. The van der Waals surface area contributed by atoms with Crippen LogP contribution in [0.15, 0.2) is 48.8 Å². The molecule has 1 aromatic heterocycles. The number of benzene rings is 2. The molecular formula is C21H19F3N2. The molecule has 0 N–H and O–H groups in total. The Morgan fingerprint density at radius 1 is 0.808 bits per heavy atom. The lowest BCUT2D eigenvalue weighted by molar-refractivity contribution is 0.583. The fourth-order valence-corrected chi connectivity index (χ4v) is 2.83. The lowest BCUT2D eigenvalue weighted by Crippen LogP contribution is -1.97. The van der Waals surface area contributed by atoms with E-state index >= 15 is 0 Å². The standard InChI is InChI=1S/C21H19F3N2/c1-2-3-4-5-14-10-18(23)20(19(24)11-14)16-12-25-21(26-13-16)15-6-8-17(22)9-7-15/h6-13H,2-5H2,1H3. The lowest BCUT2D eigenvalue weighted by Gasteiger charge is -2.09. The van der Waals surface area contributed by atoms with Crippen LogP contribution in [0.3, 0.4) is 0 Å². The fourth-order valence-electron chi connectivity index (χ4n) is 2.83. The zero-order valence-electron chi connectivity index (χ0n) is 14.5. The third-order valence-corrected chi connectivity index (χ3v) is 4.21. The summed E-state index contributed by atoms with van der Waals surface area (Å²) in [4.78, 5) is 8.31. The van der Waals surface area contributed by atoms with Gasteiger partial charge in [-0.05, 0) is 54.8 Å². The molecule has 0 saturated carbocycles. The average molecular weight is 356 g/mol. The van der Waals surface area contributed by atoms with Crippen molar-refractivity contribution in [2.45, 2.75) is 32.6 Å². The molecule has 0 aliphatic carbocycles. The van der Waals surface area contributed by atoms with Gasteiger partial charge in [-0.25, -0.2) is 23.1 Å². The lowest BCUT2D eigenvalue weighted by atomic mass is 10.0. The monoisotopic (exact) mass is 356 g/mol. The Morgan fingerprint density at radius 2 is 1.42 bits per heavy atom. The first-order valence-corrected chi connectivity index (χ1v) is 8.64. The summed E-state index contributed by atoms with van der Waals surface area (Å²) in [6.07, 6.45) is 6.41. The van der Waals surface area contributed by atoms with Crippen LogP contribution in [-0.2, 0) is 6.42 Å². The minimum absolute atomic E-state index is 0.130. The molecule has 1 heterocycles. The molecule has 0 radical (unpaired) electrons. The minimum Gasteiger partial charge on any atom is -0.236 e. The number of aryl methyl sites for hydroxylation is 1. The second kappa shape index (κ2) is 8.13. The van der Waals surface area contributed by atoms with Gasteiger partial charge in [0.05, 0.1) is 5.56 Å².